The molecule has 0 radical (unpaired) electrons. The summed E-state index contributed by atoms with van der Waals surface area (Å²) in [5.74, 6) is -0.293. The molecule has 0 spiro atoms. The predicted molar refractivity (Wildman–Crippen MR) is 98.6 cm³/mol. The number of nitrogens with one attached hydrogen (secondary N) is 1. The Morgan fingerprint density at radius 2 is 1.79 bits per heavy atom. The van der Waals surface area contributed by atoms with E-state index in [0.717, 1.165) is 11.3 Å². The van der Waals surface area contributed by atoms with Crippen LogP contribution in [0.15, 0.2) is 42.5 Å². The van der Waals surface area contributed by atoms with Crippen molar-refractivity contribution in [1.82, 2.24) is 0 Å². The number of benzene rings is 2. The highest BCUT2D eigenvalue weighted by Crippen LogP contribution is 2.25. The summed E-state index contributed by atoms with van der Waals surface area (Å²) in [6, 6.07) is 12.9. The second-order valence-corrected chi connectivity index (χ2v) is 6.13. The van der Waals surface area contributed by atoms with Crippen molar-refractivity contribution in [3.8, 4) is 0 Å². The third-order valence-corrected chi connectivity index (χ3v) is 4.20. The minimum absolute atomic E-state index is 0.142. The van der Waals surface area contributed by atoms with Crippen LogP contribution in [0.4, 0.5) is 11.4 Å². The standard InChI is InChI=1S/C19H21ClN2O2/c1-13-8-9-16(12-14(13)2)21-19(24)10-11-22(15(3)23)18-7-5-4-6-17(18)20/h4-9,12H,10-11H2,1-3H3,(H,21,24). The van der Waals surface area contributed by atoms with Crippen LogP contribution in [-0.2, 0) is 9.59 Å². The van der Waals surface area contributed by atoms with Crippen molar-refractivity contribution in [3.63, 3.8) is 0 Å². The highest BCUT2D eigenvalue weighted by atomic mass is 35.5. The first-order valence-corrected chi connectivity index (χ1v) is 8.16. The average Bonchev–Trinajstić information content (AvgIpc) is 2.52. The molecule has 5 heteroatoms. The summed E-state index contributed by atoms with van der Waals surface area (Å²) < 4.78 is 0. The molecule has 2 aromatic carbocycles. The smallest absolute Gasteiger partial charge is 0.226 e. The minimum Gasteiger partial charge on any atom is -0.326 e. The first kappa shape index (κ1) is 18.0. The Balaban J connectivity index is 2.01. The van der Waals surface area contributed by atoms with Crippen molar-refractivity contribution in [2.45, 2.75) is 27.2 Å². The zero-order valence-electron chi connectivity index (χ0n) is 14.1. The molecule has 24 heavy (non-hydrogen) atoms. The molecular weight excluding hydrogens is 324 g/mol. The fourth-order valence-electron chi connectivity index (χ4n) is 2.37. The van der Waals surface area contributed by atoms with Gasteiger partial charge in [-0.15, -0.1) is 0 Å². The van der Waals surface area contributed by atoms with Crippen molar-refractivity contribution in [2.75, 3.05) is 16.8 Å². The van der Waals surface area contributed by atoms with Crippen LogP contribution in [0.25, 0.3) is 0 Å². The third-order valence-electron chi connectivity index (χ3n) is 3.88. The van der Waals surface area contributed by atoms with E-state index in [1.807, 2.05) is 38.1 Å². The SMILES string of the molecule is CC(=O)N(CCC(=O)Nc1ccc(C)c(C)c1)c1ccccc1Cl. The van der Waals surface area contributed by atoms with Crippen LogP contribution in [-0.4, -0.2) is 18.4 Å². The van der Waals surface area contributed by atoms with Gasteiger partial charge in [0.15, 0.2) is 0 Å². The van der Waals surface area contributed by atoms with E-state index >= 15 is 0 Å². The molecule has 0 aliphatic carbocycles. The molecule has 0 fully saturated rings. The fourth-order valence-corrected chi connectivity index (χ4v) is 2.61. The maximum Gasteiger partial charge on any atom is 0.226 e. The van der Waals surface area contributed by atoms with Crippen molar-refractivity contribution in [2.24, 2.45) is 0 Å². The summed E-state index contributed by atoms with van der Waals surface area (Å²) >= 11 is 6.15. The van der Waals surface area contributed by atoms with Crippen LogP contribution in [0, 0.1) is 13.8 Å². The van der Waals surface area contributed by atoms with E-state index in [0.29, 0.717) is 10.7 Å². The zero-order valence-corrected chi connectivity index (χ0v) is 14.9. The Labute approximate surface area is 147 Å². The highest BCUT2D eigenvalue weighted by Gasteiger charge is 2.16. The number of anilines is 2. The fraction of sp³-hybridized carbons (Fsp3) is 0.263. The van der Waals surface area contributed by atoms with Crippen LogP contribution in [0.5, 0.6) is 0 Å². The number of hydrogen-bond acceptors (Lipinski definition) is 2. The summed E-state index contributed by atoms with van der Waals surface area (Å²) in [4.78, 5) is 25.6. The number of halogens is 1. The van der Waals surface area contributed by atoms with Crippen molar-refractivity contribution >= 4 is 34.8 Å². The van der Waals surface area contributed by atoms with Gasteiger partial charge in [0, 0.05) is 25.6 Å². The van der Waals surface area contributed by atoms with E-state index in [-0.39, 0.29) is 24.8 Å². The highest BCUT2D eigenvalue weighted by molar-refractivity contribution is 6.33. The Hall–Kier alpha value is -2.33. The van der Waals surface area contributed by atoms with Crippen LogP contribution < -0.4 is 10.2 Å². The van der Waals surface area contributed by atoms with E-state index < -0.39 is 0 Å². The summed E-state index contributed by atoms with van der Waals surface area (Å²) in [7, 11) is 0. The van der Waals surface area contributed by atoms with E-state index in [1.54, 1.807) is 18.2 Å². The molecule has 0 aliphatic heterocycles. The van der Waals surface area contributed by atoms with Crippen molar-refractivity contribution in [3.05, 3.63) is 58.6 Å². The van der Waals surface area contributed by atoms with Gasteiger partial charge < -0.3 is 10.2 Å². The lowest BCUT2D eigenvalue weighted by Crippen LogP contribution is -2.32. The molecule has 0 unspecified atom stereocenters. The Bertz CT molecular complexity index is 759. The third kappa shape index (κ3) is 4.59. The van der Waals surface area contributed by atoms with Gasteiger partial charge in [0.05, 0.1) is 10.7 Å². The predicted octanol–water partition coefficient (Wildman–Crippen LogP) is 4.34. The second kappa shape index (κ2) is 7.97. The van der Waals surface area contributed by atoms with Gasteiger partial charge in [-0.2, -0.15) is 0 Å². The first-order chi connectivity index (χ1) is 11.4. The molecule has 0 bridgehead atoms. The summed E-state index contributed by atoms with van der Waals surface area (Å²) in [5.41, 5.74) is 3.67. The summed E-state index contributed by atoms with van der Waals surface area (Å²) in [5, 5.41) is 3.35. The molecule has 126 valence electrons. The first-order valence-electron chi connectivity index (χ1n) is 7.78. The van der Waals surface area contributed by atoms with E-state index in [9.17, 15) is 9.59 Å². The minimum atomic E-state index is -0.151. The van der Waals surface area contributed by atoms with E-state index in [1.165, 1.54) is 17.4 Å². The quantitative estimate of drug-likeness (QED) is 0.877. The lowest BCUT2D eigenvalue weighted by molar-refractivity contribution is -0.117. The topological polar surface area (TPSA) is 49.4 Å². The number of para-hydroxylation sites is 1. The maximum atomic E-state index is 12.2. The molecule has 0 aliphatic rings. The molecular formula is C19H21ClN2O2. The second-order valence-electron chi connectivity index (χ2n) is 5.72. The molecule has 0 aromatic heterocycles. The Kier molecular flexibility index (Phi) is 5.99. The lowest BCUT2D eigenvalue weighted by atomic mass is 10.1. The molecule has 2 rings (SSSR count). The monoisotopic (exact) mass is 344 g/mol. The molecule has 4 nitrogen and oxygen atoms in total. The molecule has 2 amide bonds. The van der Waals surface area contributed by atoms with E-state index in [4.69, 9.17) is 11.6 Å². The van der Waals surface area contributed by atoms with Crippen LogP contribution in [0.3, 0.4) is 0 Å². The average molecular weight is 345 g/mol. The Morgan fingerprint density at radius 1 is 1.08 bits per heavy atom. The molecule has 0 saturated heterocycles. The van der Waals surface area contributed by atoms with Gasteiger partial charge in [0.2, 0.25) is 11.8 Å². The van der Waals surface area contributed by atoms with Crippen molar-refractivity contribution in [1.29, 1.82) is 0 Å². The molecule has 0 saturated carbocycles. The zero-order chi connectivity index (χ0) is 17.7. The number of amides is 2. The molecule has 2 aromatic rings. The number of nitrogens with zero attached hydrogens (tertiary/aromatic N) is 1. The van der Waals surface area contributed by atoms with Gasteiger partial charge in [-0.25, -0.2) is 0 Å². The number of carbonyl (C=O) groups excluding carboxylic acids is 2. The van der Waals surface area contributed by atoms with Crippen LogP contribution in [0.1, 0.15) is 24.5 Å². The van der Waals surface area contributed by atoms with Gasteiger partial charge in [0.25, 0.3) is 0 Å². The van der Waals surface area contributed by atoms with Gasteiger partial charge in [-0.1, -0.05) is 29.8 Å². The number of carbonyl (C=O) groups is 2. The van der Waals surface area contributed by atoms with Crippen LogP contribution in [0.2, 0.25) is 5.02 Å². The van der Waals surface area contributed by atoms with Gasteiger partial charge in [-0.05, 0) is 49.2 Å². The van der Waals surface area contributed by atoms with Gasteiger partial charge in [-0.3, -0.25) is 9.59 Å². The lowest BCUT2D eigenvalue weighted by Gasteiger charge is -2.22. The van der Waals surface area contributed by atoms with Gasteiger partial charge >= 0.3 is 0 Å². The summed E-state index contributed by atoms with van der Waals surface area (Å²) in [6.45, 7) is 5.76. The number of aryl methyl sites for hydroxylation is 2. The number of hydrogen-bond donors (Lipinski definition) is 1. The number of rotatable bonds is 5. The summed E-state index contributed by atoms with van der Waals surface area (Å²) in [6.07, 6.45) is 0.192. The Morgan fingerprint density at radius 3 is 2.42 bits per heavy atom. The van der Waals surface area contributed by atoms with Gasteiger partial charge in [0.1, 0.15) is 0 Å². The van der Waals surface area contributed by atoms with Crippen molar-refractivity contribution < 1.29 is 9.59 Å². The van der Waals surface area contributed by atoms with Crippen LogP contribution >= 0.6 is 11.6 Å². The van der Waals surface area contributed by atoms with E-state index in [2.05, 4.69) is 5.32 Å². The molecule has 0 atom stereocenters. The molecule has 1 N–H and O–H groups in total. The molecule has 0 heterocycles. The normalized spacial score (nSPS) is 10.3. The largest absolute Gasteiger partial charge is 0.326 e. The maximum absolute atomic E-state index is 12.2.